The summed E-state index contributed by atoms with van der Waals surface area (Å²) < 4.78 is 0. The van der Waals surface area contributed by atoms with Gasteiger partial charge in [0.1, 0.15) is 0 Å². The maximum Gasteiger partial charge on any atom is 0.221 e. The molecule has 0 saturated carbocycles. The van der Waals surface area contributed by atoms with Gasteiger partial charge in [-0.25, -0.2) is 0 Å². The van der Waals surface area contributed by atoms with Crippen molar-refractivity contribution in [2.45, 2.75) is 39.2 Å². The van der Waals surface area contributed by atoms with Gasteiger partial charge in [-0.15, -0.1) is 0 Å². The SMILES string of the molecule is Cc1cc(C)c(C2CC(=O)NC2c2ccccc2)c(C)c1. The Balaban J connectivity index is 2.06. The summed E-state index contributed by atoms with van der Waals surface area (Å²) in [4.78, 5) is 12.0. The topological polar surface area (TPSA) is 29.1 Å². The molecule has 0 bridgehead atoms. The number of carbonyl (C=O) groups excluding carboxylic acids is 1. The van der Waals surface area contributed by atoms with Crippen LogP contribution in [0.3, 0.4) is 0 Å². The van der Waals surface area contributed by atoms with E-state index in [0.717, 1.165) is 0 Å². The van der Waals surface area contributed by atoms with Crippen LogP contribution in [0.4, 0.5) is 0 Å². The highest BCUT2D eigenvalue weighted by Crippen LogP contribution is 2.41. The molecule has 21 heavy (non-hydrogen) atoms. The molecular formula is C19H21NO. The van der Waals surface area contributed by atoms with Crippen LogP contribution in [0.5, 0.6) is 0 Å². The summed E-state index contributed by atoms with van der Waals surface area (Å²) in [5.74, 6) is 0.369. The summed E-state index contributed by atoms with van der Waals surface area (Å²) in [6.45, 7) is 6.43. The fourth-order valence-electron chi connectivity index (χ4n) is 3.67. The molecule has 3 rings (SSSR count). The first-order valence-electron chi connectivity index (χ1n) is 7.48. The Kier molecular flexibility index (Phi) is 3.54. The van der Waals surface area contributed by atoms with Gasteiger partial charge in [0.05, 0.1) is 6.04 Å². The van der Waals surface area contributed by atoms with E-state index in [0.29, 0.717) is 6.42 Å². The zero-order valence-corrected chi connectivity index (χ0v) is 12.8. The lowest BCUT2D eigenvalue weighted by atomic mass is 9.82. The van der Waals surface area contributed by atoms with E-state index >= 15 is 0 Å². The zero-order chi connectivity index (χ0) is 15.0. The molecule has 1 heterocycles. The molecule has 0 spiro atoms. The van der Waals surface area contributed by atoms with E-state index in [1.54, 1.807) is 0 Å². The maximum absolute atomic E-state index is 12.0. The van der Waals surface area contributed by atoms with E-state index in [9.17, 15) is 4.79 Å². The van der Waals surface area contributed by atoms with E-state index in [4.69, 9.17) is 0 Å². The van der Waals surface area contributed by atoms with Crippen LogP contribution in [0.2, 0.25) is 0 Å². The van der Waals surface area contributed by atoms with Gasteiger partial charge in [-0.1, -0.05) is 48.0 Å². The highest BCUT2D eigenvalue weighted by molar-refractivity contribution is 5.81. The van der Waals surface area contributed by atoms with Gasteiger partial charge >= 0.3 is 0 Å². The van der Waals surface area contributed by atoms with Crippen molar-refractivity contribution in [2.24, 2.45) is 0 Å². The van der Waals surface area contributed by atoms with Crippen LogP contribution in [0.15, 0.2) is 42.5 Å². The number of benzene rings is 2. The lowest BCUT2D eigenvalue weighted by Crippen LogP contribution is -2.20. The van der Waals surface area contributed by atoms with E-state index in [2.05, 4.69) is 50.4 Å². The van der Waals surface area contributed by atoms with E-state index in [1.807, 2.05) is 18.2 Å². The number of hydrogen-bond donors (Lipinski definition) is 1. The number of aryl methyl sites for hydroxylation is 3. The molecular weight excluding hydrogens is 258 g/mol. The van der Waals surface area contributed by atoms with Crippen molar-refractivity contribution in [3.05, 3.63) is 70.3 Å². The van der Waals surface area contributed by atoms with Crippen molar-refractivity contribution < 1.29 is 4.79 Å². The van der Waals surface area contributed by atoms with Gasteiger partial charge in [0, 0.05) is 12.3 Å². The van der Waals surface area contributed by atoms with Crippen molar-refractivity contribution in [1.82, 2.24) is 5.32 Å². The predicted molar refractivity (Wildman–Crippen MR) is 85.3 cm³/mol. The third kappa shape index (κ3) is 2.58. The lowest BCUT2D eigenvalue weighted by molar-refractivity contribution is -0.119. The molecule has 2 nitrogen and oxygen atoms in total. The summed E-state index contributed by atoms with van der Waals surface area (Å²) in [6.07, 6.45) is 0.574. The Bertz CT molecular complexity index is 652. The minimum absolute atomic E-state index is 0.0822. The molecule has 2 unspecified atom stereocenters. The molecule has 1 aliphatic heterocycles. The molecule has 0 aliphatic carbocycles. The Morgan fingerprint density at radius 1 is 1.00 bits per heavy atom. The molecule has 0 aromatic heterocycles. The highest BCUT2D eigenvalue weighted by Gasteiger charge is 2.35. The number of nitrogens with one attached hydrogen (secondary N) is 1. The summed E-state index contributed by atoms with van der Waals surface area (Å²) in [5.41, 5.74) is 6.37. The van der Waals surface area contributed by atoms with Crippen molar-refractivity contribution in [3.8, 4) is 0 Å². The Hall–Kier alpha value is -2.09. The average Bonchev–Trinajstić information content (AvgIpc) is 2.80. The van der Waals surface area contributed by atoms with Crippen molar-refractivity contribution in [3.63, 3.8) is 0 Å². The van der Waals surface area contributed by atoms with Crippen LogP contribution < -0.4 is 5.32 Å². The third-order valence-corrected chi connectivity index (χ3v) is 4.39. The predicted octanol–water partition coefficient (Wildman–Crippen LogP) is 3.96. The third-order valence-electron chi connectivity index (χ3n) is 4.39. The zero-order valence-electron chi connectivity index (χ0n) is 12.8. The van der Waals surface area contributed by atoms with Crippen LogP contribution >= 0.6 is 0 Å². The molecule has 1 fully saturated rings. The molecule has 108 valence electrons. The van der Waals surface area contributed by atoms with Crippen LogP contribution in [0, 0.1) is 20.8 Å². The number of carbonyl (C=O) groups is 1. The second kappa shape index (κ2) is 5.36. The summed E-state index contributed by atoms with van der Waals surface area (Å²) in [7, 11) is 0. The molecule has 0 radical (unpaired) electrons. The maximum atomic E-state index is 12.0. The second-order valence-electron chi connectivity index (χ2n) is 6.08. The lowest BCUT2D eigenvalue weighted by Gasteiger charge is -2.23. The normalized spacial score (nSPS) is 21.4. The molecule has 2 aromatic carbocycles. The standard InChI is InChI=1S/C19H21NO/c1-12-9-13(2)18(14(3)10-12)16-11-17(21)20-19(16)15-7-5-4-6-8-15/h4-10,16,19H,11H2,1-3H3,(H,20,21). The fraction of sp³-hybridized carbons (Fsp3) is 0.316. The van der Waals surface area contributed by atoms with Crippen molar-refractivity contribution in [2.75, 3.05) is 0 Å². The second-order valence-corrected chi connectivity index (χ2v) is 6.08. The Morgan fingerprint density at radius 2 is 1.62 bits per heavy atom. The van der Waals surface area contributed by atoms with Gasteiger partial charge in [0.2, 0.25) is 5.91 Å². The quantitative estimate of drug-likeness (QED) is 0.886. The minimum Gasteiger partial charge on any atom is -0.349 e. The van der Waals surface area contributed by atoms with Crippen molar-refractivity contribution in [1.29, 1.82) is 0 Å². The molecule has 1 saturated heterocycles. The van der Waals surface area contributed by atoms with E-state index in [-0.39, 0.29) is 17.9 Å². The molecule has 1 aliphatic rings. The van der Waals surface area contributed by atoms with Gasteiger partial charge in [0.25, 0.3) is 0 Å². The van der Waals surface area contributed by atoms with Crippen LogP contribution in [-0.2, 0) is 4.79 Å². The van der Waals surface area contributed by atoms with E-state index < -0.39 is 0 Å². The van der Waals surface area contributed by atoms with Crippen LogP contribution in [0.1, 0.15) is 46.2 Å². The first kappa shape index (κ1) is 13.9. The van der Waals surface area contributed by atoms with Crippen LogP contribution in [0.25, 0.3) is 0 Å². The summed E-state index contributed by atoms with van der Waals surface area (Å²) in [6, 6.07) is 14.8. The van der Waals surface area contributed by atoms with E-state index in [1.165, 1.54) is 27.8 Å². The summed E-state index contributed by atoms with van der Waals surface area (Å²) in [5, 5.41) is 3.15. The Morgan fingerprint density at radius 3 is 2.24 bits per heavy atom. The number of amides is 1. The monoisotopic (exact) mass is 279 g/mol. The van der Waals surface area contributed by atoms with Gasteiger partial charge < -0.3 is 5.32 Å². The largest absolute Gasteiger partial charge is 0.349 e. The smallest absolute Gasteiger partial charge is 0.221 e. The first-order chi connectivity index (χ1) is 10.1. The molecule has 2 heteroatoms. The number of hydrogen-bond acceptors (Lipinski definition) is 1. The molecule has 1 amide bonds. The van der Waals surface area contributed by atoms with Crippen molar-refractivity contribution >= 4 is 5.91 Å². The van der Waals surface area contributed by atoms with Gasteiger partial charge in [0.15, 0.2) is 0 Å². The van der Waals surface area contributed by atoms with Crippen LogP contribution in [-0.4, -0.2) is 5.91 Å². The fourth-order valence-corrected chi connectivity index (χ4v) is 3.67. The van der Waals surface area contributed by atoms with Gasteiger partial charge in [-0.05, 0) is 43.0 Å². The summed E-state index contributed by atoms with van der Waals surface area (Å²) >= 11 is 0. The first-order valence-corrected chi connectivity index (χ1v) is 7.48. The Labute approximate surface area is 126 Å². The number of rotatable bonds is 2. The van der Waals surface area contributed by atoms with Gasteiger partial charge in [-0.3, -0.25) is 4.79 Å². The molecule has 2 atom stereocenters. The average molecular weight is 279 g/mol. The highest BCUT2D eigenvalue weighted by atomic mass is 16.2. The molecule has 2 aromatic rings. The molecule has 1 N–H and O–H groups in total. The minimum atomic E-state index is 0.0822. The van der Waals surface area contributed by atoms with Gasteiger partial charge in [-0.2, -0.15) is 0 Å².